The Hall–Kier alpha value is -4.15. The summed E-state index contributed by atoms with van der Waals surface area (Å²) >= 11 is 0. The van der Waals surface area contributed by atoms with Crippen molar-refractivity contribution in [2.75, 3.05) is 11.9 Å². The van der Waals surface area contributed by atoms with E-state index >= 15 is 0 Å². The Morgan fingerprint density at radius 2 is 1.94 bits per heavy atom. The molecule has 9 nitrogen and oxygen atoms in total. The molecule has 4 rings (SSSR count). The minimum absolute atomic E-state index is 0.0770. The van der Waals surface area contributed by atoms with Crippen LogP contribution in [0.4, 0.5) is 14.6 Å². The molecular formula is C23H22F2N6O3. The molecule has 0 radical (unpaired) electrons. The number of aliphatic carboxylic acids is 1. The number of anilines is 1. The molecule has 1 aromatic carbocycles. The quantitative estimate of drug-likeness (QED) is 0.415. The summed E-state index contributed by atoms with van der Waals surface area (Å²) in [7, 11) is 1.46. The first-order valence-electron chi connectivity index (χ1n) is 10.5. The van der Waals surface area contributed by atoms with Crippen LogP contribution in [0.5, 0.6) is 0 Å². The maximum atomic E-state index is 14.6. The predicted molar refractivity (Wildman–Crippen MR) is 119 cm³/mol. The molecule has 0 saturated heterocycles. The molecule has 0 amide bonds. The Kier molecular flexibility index (Phi) is 6.35. The van der Waals surface area contributed by atoms with Crippen LogP contribution in [-0.2, 0) is 11.3 Å². The fraction of sp³-hybridized carbons (Fsp3) is 0.261. The van der Waals surface area contributed by atoms with Crippen LogP contribution in [0.3, 0.4) is 0 Å². The fourth-order valence-corrected chi connectivity index (χ4v) is 3.74. The number of benzene rings is 1. The Morgan fingerprint density at radius 3 is 2.59 bits per heavy atom. The number of nitrogens with zero attached hydrogens (tertiary/aromatic N) is 6. The molecule has 0 aliphatic heterocycles. The van der Waals surface area contributed by atoms with E-state index in [1.807, 2.05) is 0 Å². The third-order valence-corrected chi connectivity index (χ3v) is 5.35. The van der Waals surface area contributed by atoms with Gasteiger partial charge in [0.05, 0.1) is 18.4 Å². The van der Waals surface area contributed by atoms with Gasteiger partial charge in [0, 0.05) is 18.7 Å². The third-order valence-electron chi connectivity index (χ3n) is 5.35. The molecule has 3 aromatic heterocycles. The Balaban J connectivity index is 1.77. The summed E-state index contributed by atoms with van der Waals surface area (Å²) < 4.78 is 35.4. The molecule has 0 saturated carbocycles. The van der Waals surface area contributed by atoms with Gasteiger partial charge in [-0.3, -0.25) is 4.68 Å². The monoisotopic (exact) mass is 468 g/mol. The van der Waals surface area contributed by atoms with Gasteiger partial charge in [-0.2, -0.15) is 5.10 Å². The first-order chi connectivity index (χ1) is 16.3. The molecule has 0 fully saturated rings. The lowest BCUT2D eigenvalue weighted by Crippen LogP contribution is -2.43. The zero-order valence-electron chi connectivity index (χ0n) is 18.7. The van der Waals surface area contributed by atoms with Crippen LogP contribution in [-0.4, -0.2) is 49.1 Å². The topological polar surface area (TPSA) is 110 Å². The summed E-state index contributed by atoms with van der Waals surface area (Å²) in [6.07, 6.45) is 2.37. The van der Waals surface area contributed by atoms with Crippen molar-refractivity contribution in [2.24, 2.45) is 5.92 Å². The van der Waals surface area contributed by atoms with E-state index in [4.69, 9.17) is 4.52 Å². The highest BCUT2D eigenvalue weighted by Crippen LogP contribution is 2.27. The van der Waals surface area contributed by atoms with E-state index in [2.05, 4.69) is 20.2 Å². The van der Waals surface area contributed by atoms with E-state index in [0.29, 0.717) is 17.0 Å². The molecule has 34 heavy (non-hydrogen) atoms. The van der Waals surface area contributed by atoms with Gasteiger partial charge >= 0.3 is 5.97 Å². The van der Waals surface area contributed by atoms with Gasteiger partial charge in [0.1, 0.15) is 29.5 Å². The average molecular weight is 468 g/mol. The van der Waals surface area contributed by atoms with Crippen molar-refractivity contribution in [1.29, 1.82) is 0 Å². The molecule has 3 heterocycles. The Morgan fingerprint density at radius 1 is 1.18 bits per heavy atom. The van der Waals surface area contributed by atoms with Gasteiger partial charge in [-0.05, 0) is 18.1 Å². The lowest BCUT2D eigenvalue weighted by atomic mass is 10.0. The second-order valence-electron chi connectivity index (χ2n) is 8.05. The molecule has 0 spiro atoms. The van der Waals surface area contributed by atoms with Crippen molar-refractivity contribution in [3.05, 3.63) is 66.1 Å². The van der Waals surface area contributed by atoms with Gasteiger partial charge in [0.15, 0.2) is 17.5 Å². The maximum Gasteiger partial charge on any atom is 0.326 e. The standard InChI is InChI=1S/C23H22F2N6O3/c1-13(2)20(23(32)33)30(3)22-16(25)11-26-21(27-22)18-10-19(17-8-9-34-29-17)31(28-18)12-14-6-4-5-7-15(14)24/h4-11,13,20H,12H2,1-3H3,(H,32,33). The second kappa shape index (κ2) is 9.38. The summed E-state index contributed by atoms with van der Waals surface area (Å²) in [6, 6.07) is 8.57. The number of likely N-dealkylation sites (N-methyl/N-ethyl adjacent to an activating group) is 1. The number of aromatic nitrogens is 5. The second-order valence-corrected chi connectivity index (χ2v) is 8.05. The van der Waals surface area contributed by atoms with Crippen molar-refractivity contribution >= 4 is 11.8 Å². The van der Waals surface area contributed by atoms with E-state index in [-0.39, 0.29) is 35.6 Å². The highest BCUT2D eigenvalue weighted by atomic mass is 19.1. The van der Waals surface area contributed by atoms with Crippen LogP contribution < -0.4 is 4.90 Å². The van der Waals surface area contributed by atoms with E-state index in [0.717, 1.165) is 6.20 Å². The summed E-state index contributed by atoms with van der Waals surface area (Å²) in [5.74, 6) is -2.65. The number of hydrogen-bond donors (Lipinski definition) is 1. The van der Waals surface area contributed by atoms with E-state index < -0.39 is 17.8 Å². The number of rotatable bonds is 8. The molecule has 1 N–H and O–H groups in total. The van der Waals surface area contributed by atoms with Gasteiger partial charge in [0.2, 0.25) is 0 Å². The van der Waals surface area contributed by atoms with Crippen molar-refractivity contribution in [1.82, 2.24) is 24.9 Å². The van der Waals surface area contributed by atoms with Gasteiger partial charge in [0.25, 0.3) is 0 Å². The van der Waals surface area contributed by atoms with Crippen LogP contribution in [0, 0.1) is 17.6 Å². The number of carboxylic acid groups (broad SMARTS) is 1. The number of hydrogen-bond acceptors (Lipinski definition) is 7. The predicted octanol–water partition coefficient (Wildman–Crippen LogP) is 3.87. The number of halogens is 2. The Labute approximate surface area is 193 Å². The molecular weight excluding hydrogens is 446 g/mol. The molecule has 0 aliphatic rings. The zero-order chi connectivity index (χ0) is 24.4. The lowest BCUT2D eigenvalue weighted by Gasteiger charge is -2.28. The number of carbonyl (C=O) groups is 1. The van der Waals surface area contributed by atoms with Gasteiger partial charge in [-0.1, -0.05) is 37.2 Å². The van der Waals surface area contributed by atoms with Crippen LogP contribution >= 0.6 is 0 Å². The van der Waals surface area contributed by atoms with E-state index in [1.54, 1.807) is 44.2 Å². The third kappa shape index (κ3) is 4.49. The molecule has 11 heteroatoms. The van der Waals surface area contributed by atoms with Crippen molar-refractivity contribution in [3.63, 3.8) is 0 Å². The fourth-order valence-electron chi connectivity index (χ4n) is 3.74. The molecule has 0 aliphatic carbocycles. The largest absolute Gasteiger partial charge is 0.480 e. The van der Waals surface area contributed by atoms with Gasteiger partial charge < -0.3 is 14.5 Å². The van der Waals surface area contributed by atoms with Crippen molar-refractivity contribution < 1.29 is 23.2 Å². The maximum absolute atomic E-state index is 14.6. The molecule has 176 valence electrons. The summed E-state index contributed by atoms with van der Waals surface area (Å²) in [6.45, 7) is 3.55. The highest BCUT2D eigenvalue weighted by molar-refractivity contribution is 5.78. The molecule has 0 bridgehead atoms. The lowest BCUT2D eigenvalue weighted by molar-refractivity contribution is -0.139. The molecule has 4 aromatic rings. The van der Waals surface area contributed by atoms with Crippen molar-refractivity contribution in [3.8, 4) is 22.9 Å². The smallest absolute Gasteiger partial charge is 0.326 e. The summed E-state index contributed by atoms with van der Waals surface area (Å²) in [5, 5.41) is 18.0. The average Bonchev–Trinajstić information content (AvgIpc) is 3.45. The first-order valence-corrected chi connectivity index (χ1v) is 10.5. The molecule has 1 unspecified atom stereocenters. The zero-order valence-corrected chi connectivity index (χ0v) is 18.7. The summed E-state index contributed by atoms with van der Waals surface area (Å²) in [5.41, 5.74) is 1.66. The van der Waals surface area contributed by atoms with Crippen LogP contribution in [0.2, 0.25) is 0 Å². The van der Waals surface area contributed by atoms with Gasteiger partial charge in [-0.15, -0.1) is 0 Å². The first kappa shape index (κ1) is 23.0. The molecule has 1 atom stereocenters. The Bertz CT molecular complexity index is 1310. The highest BCUT2D eigenvalue weighted by Gasteiger charge is 2.29. The van der Waals surface area contributed by atoms with Crippen LogP contribution in [0.1, 0.15) is 19.4 Å². The van der Waals surface area contributed by atoms with Crippen LogP contribution in [0.25, 0.3) is 22.9 Å². The van der Waals surface area contributed by atoms with E-state index in [1.165, 1.54) is 29.0 Å². The SMILES string of the molecule is CC(C)C(C(=O)O)N(C)c1nc(-c2cc(-c3ccon3)n(Cc3ccccc3F)n2)ncc1F. The minimum atomic E-state index is -1.10. The van der Waals surface area contributed by atoms with E-state index in [9.17, 15) is 18.7 Å². The van der Waals surface area contributed by atoms with Crippen LogP contribution in [0.15, 0.2) is 53.4 Å². The van der Waals surface area contributed by atoms with Crippen molar-refractivity contribution in [2.45, 2.75) is 26.4 Å². The minimum Gasteiger partial charge on any atom is -0.480 e. The summed E-state index contributed by atoms with van der Waals surface area (Å²) in [4.78, 5) is 21.3. The van der Waals surface area contributed by atoms with Gasteiger partial charge in [-0.25, -0.2) is 23.5 Å². The normalized spacial score (nSPS) is 12.2. The number of carboxylic acids is 1.